The van der Waals surface area contributed by atoms with Crippen LogP contribution < -0.4 is 0 Å². The molecule has 0 fully saturated rings. The van der Waals surface area contributed by atoms with Gasteiger partial charge in [-0.15, -0.1) is 0 Å². The van der Waals surface area contributed by atoms with E-state index in [1.54, 1.807) is 13.1 Å². The van der Waals surface area contributed by atoms with Gasteiger partial charge >= 0.3 is 5.97 Å². The van der Waals surface area contributed by atoms with Gasteiger partial charge in [-0.2, -0.15) is 0 Å². The van der Waals surface area contributed by atoms with Crippen LogP contribution in [-0.2, 0) is 4.74 Å². The number of pyridine rings is 1. The van der Waals surface area contributed by atoms with Crippen LogP contribution in [0.25, 0.3) is 5.65 Å². The SMILES string of the molecule is CCOC(=O)c1cn2cccc(C)c2n1. The molecule has 0 amide bonds. The third-order valence-corrected chi connectivity index (χ3v) is 2.16. The molecule has 0 aliphatic rings. The Balaban J connectivity index is 2.47. The first kappa shape index (κ1) is 9.71. The van der Waals surface area contributed by atoms with E-state index in [4.69, 9.17) is 4.74 Å². The van der Waals surface area contributed by atoms with Gasteiger partial charge in [0.2, 0.25) is 0 Å². The van der Waals surface area contributed by atoms with E-state index in [-0.39, 0.29) is 5.97 Å². The Morgan fingerprint density at radius 3 is 3.07 bits per heavy atom. The smallest absolute Gasteiger partial charge is 0.358 e. The van der Waals surface area contributed by atoms with E-state index >= 15 is 0 Å². The highest BCUT2D eigenvalue weighted by molar-refractivity contribution is 5.88. The van der Waals surface area contributed by atoms with E-state index in [0.717, 1.165) is 11.2 Å². The molecule has 4 nitrogen and oxygen atoms in total. The number of ether oxygens (including phenoxy) is 1. The molecule has 0 N–H and O–H groups in total. The molecule has 78 valence electrons. The molecule has 0 saturated heterocycles. The van der Waals surface area contributed by atoms with E-state index in [0.29, 0.717) is 12.3 Å². The van der Waals surface area contributed by atoms with Gasteiger partial charge in [-0.25, -0.2) is 9.78 Å². The second-order valence-electron chi connectivity index (χ2n) is 3.27. The molecule has 0 spiro atoms. The largest absolute Gasteiger partial charge is 0.461 e. The maximum absolute atomic E-state index is 11.4. The first-order valence-corrected chi connectivity index (χ1v) is 4.84. The molecule has 2 heterocycles. The summed E-state index contributed by atoms with van der Waals surface area (Å²) in [6.07, 6.45) is 3.54. The van der Waals surface area contributed by atoms with Gasteiger partial charge in [-0.05, 0) is 25.5 Å². The first-order valence-electron chi connectivity index (χ1n) is 4.84. The van der Waals surface area contributed by atoms with Gasteiger partial charge < -0.3 is 9.14 Å². The average Bonchev–Trinajstić information content (AvgIpc) is 2.63. The highest BCUT2D eigenvalue weighted by Gasteiger charge is 2.11. The molecule has 0 atom stereocenters. The predicted molar refractivity (Wildman–Crippen MR) is 55.9 cm³/mol. The number of hydrogen-bond donors (Lipinski definition) is 0. The maximum Gasteiger partial charge on any atom is 0.358 e. The van der Waals surface area contributed by atoms with Crippen molar-refractivity contribution in [3.8, 4) is 0 Å². The standard InChI is InChI=1S/C11H12N2O2/c1-3-15-11(14)9-7-13-6-4-5-8(2)10(13)12-9/h4-7H,3H2,1-2H3. The van der Waals surface area contributed by atoms with Crippen molar-refractivity contribution in [1.82, 2.24) is 9.38 Å². The summed E-state index contributed by atoms with van der Waals surface area (Å²) < 4.78 is 6.70. The molecule has 0 saturated carbocycles. The highest BCUT2D eigenvalue weighted by Crippen LogP contribution is 2.10. The summed E-state index contributed by atoms with van der Waals surface area (Å²) in [5.74, 6) is -0.374. The van der Waals surface area contributed by atoms with Gasteiger partial charge in [0.05, 0.1) is 6.61 Å². The van der Waals surface area contributed by atoms with Crippen LogP contribution in [0, 0.1) is 6.92 Å². The van der Waals surface area contributed by atoms with Gasteiger partial charge in [-0.3, -0.25) is 0 Å². The van der Waals surface area contributed by atoms with Gasteiger partial charge in [0.15, 0.2) is 5.69 Å². The van der Waals surface area contributed by atoms with Crippen LogP contribution in [0.3, 0.4) is 0 Å². The van der Waals surface area contributed by atoms with Crippen LogP contribution in [0.5, 0.6) is 0 Å². The number of rotatable bonds is 2. The third kappa shape index (κ3) is 1.70. The quantitative estimate of drug-likeness (QED) is 0.701. The number of carbonyl (C=O) groups excluding carboxylic acids is 1. The molecule has 0 unspecified atom stereocenters. The van der Waals surface area contributed by atoms with Gasteiger partial charge in [0.25, 0.3) is 0 Å². The van der Waals surface area contributed by atoms with Crippen LogP contribution in [0.15, 0.2) is 24.5 Å². The molecule has 0 aliphatic carbocycles. The lowest BCUT2D eigenvalue weighted by atomic mass is 10.3. The van der Waals surface area contributed by atoms with Gasteiger partial charge in [-0.1, -0.05) is 6.07 Å². The number of hydrogen-bond acceptors (Lipinski definition) is 3. The molecular weight excluding hydrogens is 192 g/mol. The molecule has 2 aromatic heterocycles. The van der Waals surface area contributed by atoms with Gasteiger partial charge in [0, 0.05) is 12.4 Å². The molecule has 0 aromatic carbocycles. The molecule has 0 radical (unpaired) electrons. The number of aryl methyl sites for hydroxylation is 1. The Kier molecular flexibility index (Phi) is 2.41. The van der Waals surface area contributed by atoms with Crippen molar-refractivity contribution in [2.45, 2.75) is 13.8 Å². The zero-order valence-electron chi connectivity index (χ0n) is 8.73. The number of imidazole rings is 1. The lowest BCUT2D eigenvalue weighted by Crippen LogP contribution is -2.04. The second kappa shape index (κ2) is 3.73. The van der Waals surface area contributed by atoms with Crippen molar-refractivity contribution < 1.29 is 9.53 Å². The van der Waals surface area contributed by atoms with Crippen molar-refractivity contribution in [3.05, 3.63) is 35.8 Å². The summed E-state index contributed by atoms with van der Waals surface area (Å²) >= 11 is 0. The zero-order valence-corrected chi connectivity index (χ0v) is 8.73. The Bertz CT molecular complexity index is 502. The molecule has 2 rings (SSSR count). The van der Waals surface area contributed by atoms with E-state index in [9.17, 15) is 4.79 Å². The van der Waals surface area contributed by atoms with E-state index in [2.05, 4.69) is 4.98 Å². The van der Waals surface area contributed by atoms with Gasteiger partial charge in [0.1, 0.15) is 5.65 Å². The fraction of sp³-hybridized carbons (Fsp3) is 0.273. The lowest BCUT2D eigenvalue weighted by molar-refractivity contribution is 0.0520. The van der Waals surface area contributed by atoms with Crippen molar-refractivity contribution in [2.24, 2.45) is 0 Å². The molecule has 0 aliphatic heterocycles. The predicted octanol–water partition coefficient (Wildman–Crippen LogP) is 1.82. The maximum atomic E-state index is 11.4. The summed E-state index contributed by atoms with van der Waals surface area (Å²) in [6.45, 7) is 4.10. The summed E-state index contributed by atoms with van der Waals surface area (Å²) in [5, 5.41) is 0. The van der Waals surface area contributed by atoms with Crippen LogP contribution in [0.4, 0.5) is 0 Å². The lowest BCUT2D eigenvalue weighted by Gasteiger charge is -1.95. The number of nitrogens with zero attached hydrogens (tertiary/aromatic N) is 2. The molecule has 15 heavy (non-hydrogen) atoms. The summed E-state index contributed by atoms with van der Waals surface area (Å²) in [5.41, 5.74) is 2.18. The fourth-order valence-corrected chi connectivity index (χ4v) is 1.46. The summed E-state index contributed by atoms with van der Waals surface area (Å²) in [6, 6.07) is 3.87. The first-order chi connectivity index (χ1) is 7.22. The molecule has 0 bridgehead atoms. The summed E-state index contributed by atoms with van der Waals surface area (Å²) in [4.78, 5) is 15.6. The van der Waals surface area contributed by atoms with Crippen molar-refractivity contribution in [3.63, 3.8) is 0 Å². The number of carbonyl (C=O) groups is 1. The second-order valence-corrected chi connectivity index (χ2v) is 3.27. The average molecular weight is 204 g/mol. The Hall–Kier alpha value is -1.84. The minimum absolute atomic E-state index is 0.353. The van der Waals surface area contributed by atoms with Crippen LogP contribution in [0.2, 0.25) is 0 Å². The van der Waals surface area contributed by atoms with E-state index < -0.39 is 0 Å². The van der Waals surface area contributed by atoms with Crippen LogP contribution in [0.1, 0.15) is 23.0 Å². The van der Waals surface area contributed by atoms with Crippen LogP contribution in [-0.4, -0.2) is 22.0 Å². The van der Waals surface area contributed by atoms with Crippen molar-refractivity contribution in [1.29, 1.82) is 0 Å². The minimum atomic E-state index is -0.374. The molecular formula is C11H12N2O2. The highest BCUT2D eigenvalue weighted by atomic mass is 16.5. The number of esters is 1. The zero-order chi connectivity index (χ0) is 10.8. The third-order valence-electron chi connectivity index (χ3n) is 2.16. The minimum Gasteiger partial charge on any atom is -0.461 e. The molecule has 4 heteroatoms. The van der Waals surface area contributed by atoms with Crippen molar-refractivity contribution >= 4 is 11.6 Å². The number of fused-ring (bicyclic) bond motifs is 1. The van der Waals surface area contributed by atoms with E-state index in [1.807, 2.05) is 29.7 Å². The normalized spacial score (nSPS) is 10.5. The Morgan fingerprint density at radius 1 is 1.60 bits per heavy atom. The van der Waals surface area contributed by atoms with Crippen LogP contribution >= 0.6 is 0 Å². The monoisotopic (exact) mass is 204 g/mol. The fourth-order valence-electron chi connectivity index (χ4n) is 1.46. The molecule has 2 aromatic rings. The van der Waals surface area contributed by atoms with E-state index in [1.165, 1.54) is 0 Å². The topological polar surface area (TPSA) is 43.6 Å². The summed E-state index contributed by atoms with van der Waals surface area (Å²) in [7, 11) is 0. The Labute approximate surface area is 87.5 Å². The van der Waals surface area contributed by atoms with Crippen molar-refractivity contribution in [2.75, 3.05) is 6.61 Å². The number of aromatic nitrogens is 2. The Morgan fingerprint density at radius 2 is 2.40 bits per heavy atom.